The van der Waals surface area contributed by atoms with Gasteiger partial charge in [-0.2, -0.15) is 0 Å². The van der Waals surface area contributed by atoms with Gasteiger partial charge in [0.2, 0.25) is 0 Å². The quantitative estimate of drug-likeness (QED) is 0.503. The number of allylic oxidation sites excluding steroid dienone is 1. The molecule has 0 aliphatic heterocycles. The maximum Gasteiger partial charge on any atom is 0.307 e. The van der Waals surface area contributed by atoms with Gasteiger partial charge in [-0.25, -0.2) is 0 Å². The SMILES string of the molecule is O=C(O)Cc1ccc(C2=C(Br)CCc3cc(OCc4ccccc4)ccc32)cc1. The Bertz CT molecular complexity index is 1050. The van der Waals surface area contributed by atoms with Crippen molar-refractivity contribution in [1.29, 1.82) is 0 Å². The van der Waals surface area contributed by atoms with Crippen LogP contribution in [0.3, 0.4) is 0 Å². The van der Waals surface area contributed by atoms with Gasteiger partial charge in [0.25, 0.3) is 0 Å². The summed E-state index contributed by atoms with van der Waals surface area (Å²) in [4.78, 5) is 10.9. The zero-order valence-corrected chi connectivity index (χ0v) is 17.5. The number of carboxylic acids is 1. The van der Waals surface area contributed by atoms with Crippen LogP contribution in [0.25, 0.3) is 5.57 Å². The van der Waals surface area contributed by atoms with Crippen LogP contribution in [-0.2, 0) is 24.2 Å². The standard InChI is InChI=1S/C25H21BrO3/c26-23-13-10-20-15-21(29-16-18-4-2-1-3-5-18)11-12-22(20)25(23)19-8-6-17(7-9-19)14-24(27)28/h1-9,11-12,15H,10,13-14,16H2,(H,27,28). The molecule has 4 heteroatoms. The molecule has 0 heterocycles. The first-order valence-corrected chi connectivity index (χ1v) is 10.4. The van der Waals surface area contributed by atoms with Gasteiger partial charge in [-0.1, -0.05) is 76.6 Å². The number of halogens is 1. The average Bonchev–Trinajstić information content (AvgIpc) is 2.73. The molecule has 0 atom stereocenters. The summed E-state index contributed by atoms with van der Waals surface area (Å²) < 4.78 is 7.17. The maximum atomic E-state index is 10.9. The summed E-state index contributed by atoms with van der Waals surface area (Å²) in [5, 5.41) is 8.97. The van der Waals surface area contributed by atoms with Crippen molar-refractivity contribution < 1.29 is 14.6 Å². The number of aliphatic carboxylic acids is 1. The van der Waals surface area contributed by atoms with Crippen molar-refractivity contribution in [1.82, 2.24) is 0 Å². The third-order valence-electron chi connectivity index (χ3n) is 5.08. The van der Waals surface area contributed by atoms with Crippen molar-refractivity contribution in [2.45, 2.75) is 25.9 Å². The number of rotatable bonds is 6. The molecule has 0 fully saturated rings. The van der Waals surface area contributed by atoms with Crippen molar-refractivity contribution in [2.75, 3.05) is 0 Å². The Morgan fingerprint density at radius 1 is 0.931 bits per heavy atom. The van der Waals surface area contributed by atoms with Crippen molar-refractivity contribution in [3.63, 3.8) is 0 Å². The van der Waals surface area contributed by atoms with Crippen LogP contribution in [0, 0.1) is 0 Å². The van der Waals surface area contributed by atoms with E-state index < -0.39 is 5.97 Å². The molecule has 146 valence electrons. The summed E-state index contributed by atoms with van der Waals surface area (Å²) in [6.07, 6.45) is 1.93. The van der Waals surface area contributed by atoms with E-state index >= 15 is 0 Å². The van der Waals surface area contributed by atoms with Gasteiger partial charge in [-0.05, 0) is 58.4 Å². The number of ether oxygens (including phenoxy) is 1. The number of fused-ring (bicyclic) bond motifs is 1. The lowest BCUT2D eigenvalue weighted by molar-refractivity contribution is -0.136. The summed E-state index contributed by atoms with van der Waals surface area (Å²) in [6.45, 7) is 0.553. The first-order chi connectivity index (χ1) is 14.1. The Morgan fingerprint density at radius 2 is 1.69 bits per heavy atom. The molecular weight excluding hydrogens is 428 g/mol. The maximum absolute atomic E-state index is 10.9. The Hall–Kier alpha value is -2.85. The van der Waals surface area contributed by atoms with E-state index in [1.165, 1.54) is 21.2 Å². The van der Waals surface area contributed by atoms with E-state index in [1.54, 1.807) is 0 Å². The van der Waals surface area contributed by atoms with Gasteiger partial charge >= 0.3 is 5.97 Å². The number of hydrogen-bond acceptors (Lipinski definition) is 2. The summed E-state index contributed by atoms with van der Waals surface area (Å²) in [5.41, 5.74) is 6.67. The molecule has 0 aromatic heterocycles. The Labute approximate surface area is 178 Å². The molecular formula is C25H21BrO3. The molecule has 0 radical (unpaired) electrons. The Kier molecular flexibility index (Phi) is 5.81. The second-order valence-corrected chi connectivity index (χ2v) is 8.10. The predicted molar refractivity (Wildman–Crippen MR) is 118 cm³/mol. The number of hydrogen-bond donors (Lipinski definition) is 1. The molecule has 1 N–H and O–H groups in total. The fraction of sp³-hybridized carbons (Fsp3) is 0.160. The molecule has 29 heavy (non-hydrogen) atoms. The molecule has 3 nitrogen and oxygen atoms in total. The zero-order chi connectivity index (χ0) is 20.2. The minimum Gasteiger partial charge on any atom is -0.489 e. The predicted octanol–water partition coefficient (Wildman–Crippen LogP) is 5.99. The fourth-order valence-electron chi connectivity index (χ4n) is 3.64. The molecule has 0 bridgehead atoms. The summed E-state index contributed by atoms with van der Waals surface area (Å²) in [7, 11) is 0. The number of carbonyl (C=O) groups is 1. The van der Waals surface area contributed by atoms with Crippen LogP contribution in [0.5, 0.6) is 5.75 Å². The lowest BCUT2D eigenvalue weighted by atomic mass is 9.86. The second kappa shape index (κ2) is 8.66. The lowest BCUT2D eigenvalue weighted by Gasteiger charge is -2.22. The molecule has 3 aromatic rings. The van der Waals surface area contributed by atoms with Crippen molar-refractivity contribution in [3.8, 4) is 5.75 Å². The Balaban J connectivity index is 1.57. The molecule has 0 saturated heterocycles. The third kappa shape index (κ3) is 4.60. The highest BCUT2D eigenvalue weighted by Crippen LogP contribution is 2.40. The number of carboxylic acid groups (broad SMARTS) is 1. The number of aryl methyl sites for hydroxylation is 1. The van der Waals surface area contributed by atoms with Crippen LogP contribution >= 0.6 is 15.9 Å². The molecule has 0 saturated carbocycles. The van der Waals surface area contributed by atoms with Gasteiger partial charge in [0.05, 0.1) is 6.42 Å². The van der Waals surface area contributed by atoms with E-state index in [4.69, 9.17) is 9.84 Å². The molecule has 4 rings (SSSR count). The first-order valence-electron chi connectivity index (χ1n) is 9.60. The van der Waals surface area contributed by atoms with Crippen LogP contribution in [0.4, 0.5) is 0 Å². The van der Waals surface area contributed by atoms with Crippen LogP contribution < -0.4 is 4.74 Å². The van der Waals surface area contributed by atoms with Crippen LogP contribution in [-0.4, -0.2) is 11.1 Å². The third-order valence-corrected chi connectivity index (χ3v) is 5.87. The van der Waals surface area contributed by atoms with Crippen molar-refractivity contribution in [2.24, 2.45) is 0 Å². The summed E-state index contributed by atoms with van der Waals surface area (Å²) in [5.74, 6) is 0.0611. The second-order valence-electron chi connectivity index (χ2n) is 7.14. The summed E-state index contributed by atoms with van der Waals surface area (Å²) >= 11 is 3.75. The number of benzene rings is 3. The fourth-order valence-corrected chi connectivity index (χ4v) is 4.28. The minimum atomic E-state index is -0.816. The normalized spacial score (nSPS) is 13.1. The highest BCUT2D eigenvalue weighted by Gasteiger charge is 2.20. The van der Waals surface area contributed by atoms with Gasteiger partial charge < -0.3 is 9.84 Å². The van der Waals surface area contributed by atoms with Crippen molar-refractivity contribution >= 4 is 27.5 Å². The van der Waals surface area contributed by atoms with E-state index in [9.17, 15) is 4.79 Å². The van der Waals surface area contributed by atoms with Crippen LogP contribution in [0.1, 0.15) is 34.2 Å². The summed E-state index contributed by atoms with van der Waals surface area (Å²) in [6, 6.07) is 24.2. The smallest absolute Gasteiger partial charge is 0.307 e. The average molecular weight is 449 g/mol. The topological polar surface area (TPSA) is 46.5 Å². The lowest BCUT2D eigenvalue weighted by Crippen LogP contribution is -2.05. The van der Waals surface area contributed by atoms with Gasteiger partial charge in [0.15, 0.2) is 0 Å². The van der Waals surface area contributed by atoms with Crippen LogP contribution in [0.2, 0.25) is 0 Å². The zero-order valence-electron chi connectivity index (χ0n) is 15.9. The molecule has 0 unspecified atom stereocenters. The van der Waals surface area contributed by atoms with Gasteiger partial charge in [-0.3, -0.25) is 4.79 Å². The molecule has 0 spiro atoms. The first kappa shape index (κ1) is 19.5. The van der Waals surface area contributed by atoms with Crippen molar-refractivity contribution in [3.05, 3.63) is 105 Å². The Morgan fingerprint density at radius 3 is 2.41 bits per heavy atom. The van der Waals surface area contributed by atoms with Gasteiger partial charge in [-0.15, -0.1) is 0 Å². The van der Waals surface area contributed by atoms with E-state index in [0.717, 1.165) is 35.3 Å². The highest BCUT2D eigenvalue weighted by molar-refractivity contribution is 9.11. The molecule has 1 aliphatic carbocycles. The molecule has 1 aliphatic rings. The van der Waals surface area contributed by atoms with Gasteiger partial charge in [0, 0.05) is 4.48 Å². The molecule has 0 amide bonds. The van der Waals surface area contributed by atoms with E-state index in [-0.39, 0.29) is 6.42 Å². The van der Waals surface area contributed by atoms with E-state index in [2.05, 4.69) is 40.2 Å². The largest absolute Gasteiger partial charge is 0.489 e. The molecule has 3 aromatic carbocycles. The van der Waals surface area contributed by atoms with Gasteiger partial charge in [0.1, 0.15) is 12.4 Å². The van der Waals surface area contributed by atoms with E-state index in [1.807, 2.05) is 48.5 Å². The highest BCUT2D eigenvalue weighted by atomic mass is 79.9. The minimum absolute atomic E-state index is 0.0409. The van der Waals surface area contributed by atoms with E-state index in [0.29, 0.717) is 6.61 Å². The monoisotopic (exact) mass is 448 g/mol. The van der Waals surface area contributed by atoms with Crippen LogP contribution in [0.15, 0.2) is 77.3 Å².